The van der Waals surface area contributed by atoms with Gasteiger partial charge in [0.05, 0.1) is 16.6 Å². The van der Waals surface area contributed by atoms with Gasteiger partial charge in [0.15, 0.2) is 0 Å². The van der Waals surface area contributed by atoms with Crippen molar-refractivity contribution in [2.75, 3.05) is 0 Å². The summed E-state index contributed by atoms with van der Waals surface area (Å²) in [6, 6.07) is 0. The highest BCUT2D eigenvalue weighted by atomic mass is 32.1. The molecular weight excluding hydrogens is 246 g/mol. The van der Waals surface area contributed by atoms with Gasteiger partial charge >= 0.3 is 5.97 Å². The van der Waals surface area contributed by atoms with E-state index in [1.165, 1.54) is 47.7 Å². The largest absolute Gasteiger partial charge is 0.481 e. The lowest BCUT2D eigenvalue weighted by Gasteiger charge is -2.18. The summed E-state index contributed by atoms with van der Waals surface area (Å²) < 4.78 is 0. The number of thiazole rings is 1. The molecule has 1 aromatic rings. The van der Waals surface area contributed by atoms with E-state index in [0.29, 0.717) is 12.3 Å². The lowest BCUT2D eigenvalue weighted by atomic mass is 9.89. The van der Waals surface area contributed by atoms with Crippen LogP contribution in [-0.2, 0) is 17.6 Å². The topological polar surface area (TPSA) is 50.2 Å². The van der Waals surface area contributed by atoms with Crippen molar-refractivity contribution in [1.82, 2.24) is 4.98 Å². The maximum Gasteiger partial charge on any atom is 0.306 e. The van der Waals surface area contributed by atoms with Crippen LogP contribution in [-0.4, -0.2) is 16.1 Å². The zero-order valence-electron chi connectivity index (χ0n) is 10.5. The van der Waals surface area contributed by atoms with Crippen LogP contribution in [0, 0.1) is 5.92 Å². The standard InChI is InChI=1S/C14H19NO2S/c16-14(17)10-6-7-11-12(8-10)18-13(15-11)9-4-2-1-3-5-9/h9-10H,1-8H2,(H,16,17). The third kappa shape index (κ3) is 2.30. The molecule has 18 heavy (non-hydrogen) atoms. The van der Waals surface area contributed by atoms with Crippen molar-refractivity contribution < 1.29 is 9.90 Å². The van der Waals surface area contributed by atoms with Gasteiger partial charge in [-0.05, 0) is 32.1 Å². The van der Waals surface area contributed by atoms with Crippen molar-refractivity contribution in [2.24, 2.45) is 5.92 Å². The molecule has 1 atom stereocenters. The number of aromatic nitrogens is 1. The predicted octanol–water partition coefficient (Wildman–Crippen LogP) is 3.38. The molecule has 0 bridgehead atoms. The molecule has 4 heteroatoms. The summed E-state index contributed by atoms with van der Waals surface area (Å²) in [5.74, 6) is -0.178. The zero-order chi connectivity index (χ0) is 12.5. The molecule has 2 aliphatic carbocycles. The number of carbonyl (C=O) groups is 1. The number of hydrogen-bond donors (Lipinski definition) is 1. The minimum atomic E-state index is -0.645. The Hall–Kier alpha value is -0.900. The molecule has 0 saturated heterocycles. The van der Waals surface area contributed by atoms with Crippen LogP contribution in [0.2, 0.25) is 0 Å². The monoisotopic (exact) mass is 265 g/mol. The van der Waals surface area contributed by atoms with Gasteiger partial charge in [0.1, 0.15) is 0 Å². The summed E-state index contributed by atoms with van der Waals surface area (Å²) in [7, 11) is 0. The van der Waals surface area contributed by atoms with Gasteiger partial charge in [-0.15, -0.1) is 11.3 Å². The van der Waals surface area contributed by atoms with Crippen molar-refractivity contribution in [1.29, 1.82) is 0 Å². The number of nitrogens with zero attached hydrogens (tertiary/aromatic N) is 1. The molecule has 3 rings (SSSR count). The molecule has 0 aliphatic heterocycles. The Morgan fingerprint density at radius 2 is 2.00 bits per heavy atom. The average Bonchev–Trinajstić information content (AvgIpc) is 2.82. The maximum absolute atomic E-state index is 11.1. The van der Waals surface area contributed by atoms with E-state index < -0.39 is 5.97 Å². The molecule has 1 saturated carbocycles. The Morgan fingerprint density at radius 1 is 1.22 bits per heavy atom. The van der Waals surface area contributed by atoms with Crippen molar-refractivity contribution in [2.45, 2.75) is 57.3 Å². The van der Waals surface area contributed by atoms with Crippen LogP contribution in [0.5, 0.6) is 0 Å². The van der Waals surface area contributed by atoms with Crippen LogP contribution >= 0.6 is 11.3 Å². The van der Waals surface area contributed by atoms with Crippen LogP contribution in [0.3, 0.4) is 0 Å². The smallest absolute Gasteiger partial charge is 0.306 e. The predicted molar refractivity (Wildman–Crippen MR) is 71.1 cm³/mol. The van der Waals surface area contributed by atoms with Gasteiger partial charge in [-0.3, -0.25) is 4.79 Å². The number of rotatable bonds is 2. The summed E-state index contributed by atoms with van der Waals surface area (Å²) in [6.45, 7) is 0. The fourth-order valence-electron chi connectivity index (χ4n) is 3.13. The minimum Gasteiger partial charge on any atom is -0.481 e. The highest BCUT2D eigenvalue weighted by molar-refractivity contribution is 7.11. The molecule has 1 fully saturated rings. The van der Waals surface area contributed by atoms with E-state index in [1.807, 2.05) is 0 Å². The quantitative estimate of drug-likeness (QED) is 0.891. The first kappa shape index (κ1) is 12.2. The fourth-order valence-corrected chi connectivity index (χ4v) is 4.49. The van der Waals surface area contributed by atoms with Crippen LogP contribution in [0.25, 0.3) is 0 Å². The van der Waals surface area contributed by atoms with Crippen molar-refractivity contribution >= 4 is 17.3 Å². The van der Waals surface area contributed by atoms with Crippen molar-refractivity contribution in [3.8, 4) is 0 Å². The van der Waals surface area contributed by atoms with Crippen molar-refractivity contribution in [3.63, 3.8) is 0 Å². The SMILES string of the molecule is O=C(O)C1CCc2nc(C3CCCCC3)sc2C1. The second-order valence-electron chi connectivity index (χ2n) is 5.53. The molecule has 1 unspecified atom stereocenters. The average molecular weight is 265 g/mol. The first-order chi connectivity index (χ1) is 8.74. The normalized spacial score (nSPS) is 24.8. The summed E-state index contributed by atoms with van der Waals surface area (Å²) in [5, 5.41) is 10.4. The fraction of sp³-hybridized carbons (Fsp3) is 0.714. The second kappa shape index (κ2) is 5.00. The molecule has 0 radical (unpaired) electrons. The van der Waals surface area contributed by atoms with Gasteiger partial charge in [0, 0.05) is 10.8 Å². The van der Waals surface area contributed by atoms with E-state index in [4.69, 9.17) is 10.1 Å². The summed E-state index contributed by atoms with van der Waals surface area (Å²) >= 11 is 1.79. The molecule has 1 N–H and O–H groups in total. The number of hydrogen-bond acceptors (Lipinski definition) is 3. The van der Waals surface area contributed by atoms with Crippen LogP contribution < -0.4 is 0 Å². The van der Waals surface area contributed by atoms with Crippen molar-refractivity contribution in [3.05, 3.63) is 15.6 Å². The van der Waals surface area contributed by atoms with E-state index in [1.54, 1.807) is 11.3 Å². The van der Waals surface area contributed by atoms with E-state index in [0.717, 1.165) is 12.8 Å². The Balaban J connectivity index is 1.78. The first-order valence-electron chi connectivity index (χ1n) is 6.95. The molecule has 0 aromatic carbocycles. The van der Waals surface area contributed by atoms with E-state index in [2.05, 4.69) is 0 Å². The lowest BCUT2D eigenvalue weighted by molar-refractivity contribution is -0.142. The molecule has 1 aromatic heterocycles. The highest BCUT2D eigenvalue weighted by Gasteiger charge is 2.29. The molecule has 2 aliphatic rings. The second-order valence-corrected chi connectivity index (χ2v) is 6.65. The Bertz CT molecular complexity index is 449. The highest BCUT2D eigenvalue weighted by Crippen LogP contribution is 2.38. The van der Waals surface area contributed by atoms with Gasteiger partial charge in [-0.1, -0.05) is 19.3 Å². The van der Waals surface area contributed by atoms with Crippen LogP contribution in [0.4, 0.5) is 0 Å². The molecule has 0 spiro atoms. The summed E-state index contributed by atoms with van der Waals surface area (Å²) in [5.41, 5.74) is 1.19. The molecule has 3 nitrogen and oxygen atoms in total. The Kier molecular flexibility index (Phi) is 3.37. The molecule has 1 heterocycles. The van der Waals surface area contributed by atoms with Crippen LogP contribution in [0.1, 0.15) is 60.0 Å². The number of carboxylic acid groups (broad SMARTS) is 1. The lowest BCUT2D eigenvalue weighted by Crippen LogP contribution is -2.21. The number of aryl methyl sites for hydroxylation is 1. The van der Waals surface area contributed by atoms with Gasteiger partial charge in [0.25, 0.3) is 0 Å². The Labute approximate surface area is 111 Å². The van der Waals surface area contributed by atoms with Gasteiger partial charge in [-0.25, -0.2) is 4.98 Å². The Morgan fingerprint density at radius 3 is 2.72 bits per heavy atom. The van der Waals surface area contributed by atoms with E-state index in [-0.39, 0.29) is 5.92 Å². The number of aliphatic carboxylic acids is 1. The van der Waals surface area contributed by atoms with E-state index in [9.17, 15) is 4.79 Å². The van der Waals surface area contributed by atoms with Gasteiger partial charge < -0.3 is 5.11 Å². The first-order valence-corrected chi connectivity index (χ1v) is 7.77. The summed E-state index contributed by atoms with van der Waals surface area (Å²) in [6.07, 6.45) is 8.88. The molecule has 0 amide bonds. The maximum atomic E-state index is 11.1. The zero-order valence-corrected chi connectivity index (χ0v) is 11.3. The summed E-state index contributed by atoms with van der Waals surface area (Å²) in [4.78, 5) is 17.1. The number of fused-ring (bicyclic) bond motifs is 1. The molecule has 98 valence electrons. The van der Waals surface area contributed by atoms with Gasteiger partial charge in [0.2, 0.25) is 0 Å². The van der Waals surface area contributed by atoms with Crippen LogP contribution in [0.15, 0.2) is 0 Å². The third-order valence-corrected chi connectivity index (χ3v) is 5.54. The third-order valence-electron chi connectivity index (χ3n) is 4.26. The van der Waals surface area contributed by atoms with E-state index >= 15 is 0 Å². The molecular formula is C14H19NO2S. The minimum absolute atomic E-state index is 0.183. The number of carboxylic acids is 1. The van der Waals surface area contributed by atoms with Gasteiger partial charge in [-0.2, -0.15) is 0 Å².